The maximum absolute atomic E-state index is 12.2. The predicted molar refractivity (Wildman–Crippen MR) is 82.1 cm³/mol. The average molecular weight is 311 g/mol. The molecule has 0 saturated heterocycles. The molecule has 3 N–H and O–H groups in total. The molecular weight excluding hydrogens is 299 g/mol. The molecule has 0 spiro atoms. The molecule has 0 heterocycles. The van der Waals surface area contributed by atoms with Crippen molar-refractivity contribution in [3.8, 4) is 5.75 Å². The van der Waals surface area contributed by atoms with Gasteiger partial charge in [0.25, 0.3) is 5.91 Å². The second-order valence-corrected chi connectivity index (χ2v) is 4.85. The third-order valence-electron chi connectivity index (χ3n) is 2.72. The Labute approximate surface area is 126 Å². The van der Waals surface area contributed by atoms with Crippen LogP contribution in [0.2, 0.25) is 10.0 Å². The maximum Gasteiger partial charge on any atom is 0.257 e. The number of phenols is 1. The number of para-hydroxylation sites is 1. The van der Waals surface area contributed by atoms with E-state index in [4.69, 9.17) is 23.2 Å². The van der Waals surface area contributed by atoms with Gasteiger partial charge in [-0.1, -0.05) is 35.3 Å². The number of hydrogen-bond acceptors (Lipinski definition) is 3. The highest BCUT2D eigenvalue weighted by Crippen LogP contribution is 2.34. The van der Waals surface area contributed by atoms with E-state index in [1.807, 2.05) is 6.07 Å². The van der Waals surface area contributed by atoms with E-state index < -0.39 is 0 Å². The number of carbonyl (C=O) groups excluding carboxylic acids is 1. The Hall–Kier alpha value is -1.91. The van der Waals surface area contributed by atoms with E-state index in [1.54, 1.807) is 25.2 Å². The lowest BCUT2D eigenvalue weighted by Gasteiger charge is -2.10. The summed E-state index contributed by atoms with van der Waals surface area (Å²) in [6.45, 7) is 0. The van der Waals surface area contributed by atoms with Crippen LogP contribution in [0.15, 0.2) is 36.4 Å². The number of rotatable bonds is 3. The van der Waals surface area contributed by atoms with Gasteiger partial charge in [0.1, 0.15) is 0 Å². The Morgan fingerprint density at radius 3 is 2.35 bits per heavy atom. The highest BCUT2D eigenvalue weighted by molar-refractivity contribution is 6.37. The molecule has 0 atom stereocenters. The summed E-state index contributed by atoms with van der Waals surface area (Å²) in [7, 11) is 1.74. The fourth-order valence-corrected chi connectivity index (χ4v) is 2.22. The summed E-state index contributed by atoms with van der Waals surface area (Å²) < 4.78 is 0. The minimum Gasteiger partial charge on any atom is -0.505 e. The van der Waals surface area contributed by atoms with Crippen LogP contribution in [-0.2, 0) is 0 Å². The first-order valence-corrected chi connectivity index (χ1v) is 6.54. The molecule has 0 unspecified atom stereocenters. The van der Waals surface area contributed by atoms with Gasteiger partial charge in [-0.2, -0.15) is 0 Å². The first-order chi connectivity index (χ1) is 9.52. The minimum atomic E-state index is -0.298. The lowest BCUT2D eigenvalue weighted by Crippen LogP contribution is -2.13. The van der Waals surface area contributed by atoms with Gasteiger partial charge in [-0.05, 0) is 24.3 Å². The molecule has 104 valence electrons. The molecule has 1 amide bonds. The fraction of sp³-hybridized carbons (Fsp3) is 0.0714. The molecule has 2 aromatic rings. The van der Waals surface area contributed by atoms with Gasteiger partial charge in [-0.3, -0.25) is 4.79 Å². The van der Waals surface area contributed by atoms with Crippen molar-refractivity contribution in [2.45, 2.75) is 0 Å². The summed E-state index contributed by atoms with van der Waals surface area (Å²) in [4.78, 5) is 12.2. The number of amides is 1. The molecule has 0 aliphatic heterocycles. The number of carbonyl (C=O) groups is 1. The number of hydrogen-bond donors (Lipinski definition) is 3. The highest BCUT2D eigenvalue weighted by atomic mass is 35.5. The first-order valence-electron chi connectivity index (χ1n) is 5.79. The standard InChI is InChI=1S/C14H12Cl2N2O2/c1-17-12-5-3-2-4-9(12)14(20)18-8-6-10(15)13(19)11(16)7-8/h2-7,17,19H,1H3,(H,18,20). The number of aromatic hydroxyl groups is 1. The van der Waals surface area contributed by atoms with Crippen molar-refractivity contribution in [1.82, 2.24) is 0 Å². The zero-order chi connectivity index (χ0) is 14.7. The van der Waals surface area contributed by atoms with E-state index >= 15 is 0 Å². The number of benzene rings is 2. The van der Waals surface area contributed by atoms with Crippen molar-refractivity contribution >= 4 is 40.5 Å². The SMILES string of the molecule is CNc1ccccc1C(=O)Nc1cc(Cl)c(O)c(Cl)c1. The molecular formula is C14H12Cl2N2O2. The fourth-order valence-electron chi connectivity index (χ4n) is 1.74. The van der Waals surface area contributed by atoms with Gasteiger partial charge >= 0.3 is 0 Å². The number of phenolic OH excluding ortho intramolecular Hbond substituents is 1. The smallest absolute Gasteiger partial charge is 0.257 e. The predicted octanol–water partition coefficient (Wildman–Crippen LogP) is 3.99. The van der Waals surface area contributed by atoms with E-state index in [-0.39, 0.29) is 21.7 Å². The minimum absolute atomic E-state index is 0.0784. The third kappa shape index (κ3) is 2.98. The van der Waals surface area contributed by atoms with Crippen LogP contribution in [0.3, 0.4) is 0 Å². The van der Waals surface area contributed by atoms with Crippen molar-refractivity contribution in [3.05, 3.63) is 52.0 Å². The molecule has 20 heavy (non-hydrogen) atoms. The van der Waals surface area contributed by atoms with Gasteiger partial charge in [-0.15, -0.1) is 0 Å². The molecule has 2 rings (SSSR count). The molecule has 4 nitrogen and oxygen atoms in total. The molecule has 0 aliphatic rings. The Morgan fingerprint density at radius 1 is 1.15 bits per heavy atom. The highest BCUT2D eigenvalue weighted by Gasteiger charge is 2.12. The van der Waals surface area contributed by atoms with E-state index in [1.165, 1.54) is 12.1 Å². The Balaban J connectivity index is 2.28. The monoisotopic (exact) mass is 310 g/mol. The zero-order valence-electron chi connectivity index (χ0n) is 10.6. The molecule has 0 aromatic heterocycles. The average Bonchev–Trinajstić information content (AvgIpc) is 2.44. The van der Waals surface area contributed by atoms with Gasteiger partial charge in [0.2, 0.25) is 0 Å². The van der Waals surface area contributed by atoms with Crippen molar-refractivity contribution in [2.24, 2.45) is 0 Å². The number of nitrogens with one attached hydrogen (secondary N) is 2. The van der Waals surface area contributed by atoms with E-state index in [0.29, 0.717) is 16.9 Å². The van der Waals surface area contributed by atoms with Crippen LogP contribution in [0.5, 0.6) is 5.75 Å². The van der Waals surface area contributed by atoms with E-state index in [9.17, 15) is 9.90 Å². The Bertz CT molecular complexity index is 636. The zero-order valence-corrected chi connectivity index (χ0v) is 12.1. The summed E-state index contributed by atoms with van der Waals surface area (Å²) >= 11 is 11.6. The topological polar surface area (TPSA) is 61.4 Å². The number of halogens is 2. The summed E-state index contributed by atoms with van der Waals surface area (Å²) in [5, 5.41) is 15.3. The Morgan fingerprint density at radius 2 is 1.75 bits per heavy atom. The van der Waals surface area contributed by atoms with E-state index in [2.05, 4.69) is 10.6 Å². The van der Waals surface area contributed by atoms with Crippen LogP contribution in [0.25, 0.3) is 0 Å². The molecule has 0 bridgehead atoms. The van der Waals surface area contributed by atoms with E-state index in [0.717, 1.165) is 0 Å². The van der Waals surface area contributed by atoms with Crippen molar-refractivity contribution in [1.29, 1.82) is 0 Å². The summed E-state index contributed by atoms with van der Waals surface area (Å²) in [6.07, 6.45) is 0. The second-order valence-electron chi connectivity index (χ2n) is 4.04. The summed E-state index contributed by atoms with van der Waals surface area (Å²) in [5.41, 5.74) is 1.62. The van der Waals surface area contributed by atoms with Crippen LogP contribution in [-0.4, -0.2) is 18.1 Å². The Kier molecular flexibility index (Phi) is 4.37. The lowest BCUT2D eigenvalue weighted by atomic mass is 10.1. The maximum atomic E-state index is 12.2. The van der Waals surface area contributed by atoms with Gasteiger partial charge in [0.05, 0.1) is 15.6 Å². The number of anilines is 2. The summed E-state index contributed by atoms with van der Waals surface area (Å²) in [5.74, 6) is -0.505. The molecule has 2 aromatic carbocycles. The molecule has 0 aliphatic carbocycles. The second kappa shape index (κ2) is 6.03. The first kappa shape index (κ1) is 14.5. The lowest BCUT2D eigenvalue weighted by molar-refractivity contribution is 0.102. The normalized spacial score (nSPS) is 10.2. The summed E-state index contributed by atoms with van der Waals surface area (Å²) in [6, 6.07) is 9.96. The van der Waals surface area contributed by atoms with Crippen LogP contribution in [0.1, 0.15) is 10.4 Å². The van der Waals surface area contributed by atoms with Gasteiger partial charge in [0.15, 0.2) is 5.75 Å². The van der Waals surface area contributed by atoms with Crippen molar-refractivity contribution in [2.75, 3.05) is 17.7 Å². The van der Waals surface area contributed by atoms with Gasteiger partial charge in [-0.25, -0.2) is 0 Å². The van der Waals surface area contributed by atoms with Crippen molar-refractivity contribution < 1.29 is 9.90 Å². The van der Waals surface area contributed by atoms with Crippen LogP contribution in [0, 0.1) is 0 Å². The molecule has 0 saturated carbocycles. The van der Waals surface area contributed by atoms with Gasteiger partial charge < -0.3 is 15.7 Å². The molecule has 6 heteroatoms. The third-order valence-corrected chi connectivity index (χ3v) is 3.29. The quantitative estimate of drug-likeness (QED) is 0.751. The van der Waals surface area contributed by atoms with Gasteiger partial charge in [0, 0.05) is 18.4 Å². The largest absolute Gasteiger partial charge is 0.505 e. The van der Waals surface area contributed by atoms with Crippen LogP contribution >= 0.6 is 23.2 Å². The molecule has 0 radical (unpaired) electrons. The van der Waals surface area contributed by atoms with Crippen LogP contribution in [0.4, 0.5) is 11.4 Å². The molecule has 0 fully saturated rings. The van der Waals surface area contributed by atoms with Crippen LogP contribution < -0.4 is 10.6 Å². The van der Waals surface area contributed by atoms with Crippen molar-refractivity contribution in [3.63, 3.8) is 0 Å².